The normalized spacial score (nSPS) is 19.6. The van der Waals surface area contributed by atoms with Gasteiger partial charge in [-0.25, -0.2) is 9.97 Å². The maximum Gasteiger partial charge on any atom is 0.138 e. The molecule has 0 bridgehead atoms. The lowest BCUT2D eigenvalue weighted by Crippen LogP contribution is -2.08. The first-order chi connectivity index (χ1) is 8.76. The molecule has 1 aliphatic rings. The van der Waals surface area contributed by atoms with E-state index in [0.717, 1.165) is 47.9 Å². The van der Waals surface area contributed by atoms with Crippen LogP contribution in [-0.2, 0) is 11.2 Å². The molecule has 0 aliphatic carbocycles. The zero-order valence-electron chi connectivity index (χ0n) is 10.7. The summed E-state index contributed by atoms with van der Waals surface area (Å²) in [5.74, 6) is 2.45. The maximum atomic E-state index is 5.41. The van der Waals surface area contributed by atoms with Crippen molar-refractivity contribution in [3.8, 4) is 0 Å². The number of aryl methyl sites for hydroxylation is 1. The van der Waals surface area contributed by atoms with E-state index in [1.54, 1.807) is 11.3 Å². The molecule has 1 saturated heterocycles. The number of rotatable bonds is 3. The fourth-order valence-corrected chi connectivity index (χ4v) is 3.27. The molecule has 0 aromatic carbocycles. The topological polar surface area (TPSA) is 47.0 Å². The van der Waals surface area contributed by atoms with Crippen molar-refractivity contribution in [2.24, 2.45) is 5.92 Å². The predicted molar refractivity (Wildman–Crippen MR) is 74.3 cm³/mol. The quantitative estimate of drug-likeness (QED) is 0.924. The van der Waals surface area contributed by atoms with Gasteiger partial charge in [0.1, 0.15) is 16.5 Å². The molecule has 1 atom stereocenters. The molecule has 4 nitrogen and oxygen atoms in total. The molecule has 3 rings (SSSR count). The van der Waals surface area contributed by atoms with Gasteiger partial charge in [0.25, 0.3) is 0 Å². The van der Waals surface area contributed by atoms with Crippen LogP contribution >= 0.6 is 11.3 Å². The molecule has 2 aromatic heterocycles. The van der Waals surface area contributed by atoms with Crippen LogP contribution < -0.4 is 5.32 Å². The van der Waals surface area contributed by atoms with Crippen molar-refractivity contribution in [1.29, 1.82) is 0 Å². The van der Waals surface area contributed by atoms with Crippen molar-refractivity contribution in [2.45, 2.75) is 19.8 Å². The van der Waals surface area contributed by atoms with Gasteiger partial charge in [-0.2, -0.15) is 0 Å². The van der Waals surface area contributed by atoms with Crippen LogP contribution in [0.2, 0.25) is 0 Å². The van der Waals surface area contributed by atoms with Crippen molar-refractivity contribution in [3.05, 3.63) is 16.8 Å². The van der Waals surface area contributed by atoms with Crippen LogP contribution in [0, 0.1) is 12.8 Å². The highest BCUT2D eigenvalue weighted by Gasteiger charge is 2.18. The Bertz CT molecular complexity index is 561. The average molecular weight is 263 g/mol. The van der Waals surface area contributed by atoms with Gasteiger partial charge in [0.05, 0.1) is 5.39 Å². The van der Waals surface area contributed by atoms with Gasteiger partial charge < -0.3 is 10.1 Å². The number of nitrogens with one attached hydrogen (secondary N) is 1. The Morgan fingerprint density at radius 3 is 3.11 bits per heavy atom. The summed E-state index contributed by atoms with van der Waals surface area (Å²) < 4.78 is 5.41. The summed E-state index contributed by atoms with van der Waals surface area (Å²) in [7, 11) is 1.91. The van der Waals surface area contributed by atoms with Crippen molar-refractivity contribution < 1.29 is 4.74 Å². The van der Waals surface area contributed by atoms with E-state index in [1.165, 1.54) is 4.88 Å². The number of nitrogens with zero attached hydrogens (tertiary/aromatic N) is 2. The molecule has 0 amide bonds. The fraction of sp³-hybridized carbons (Fsp3) is 0.538. The van der Waals surface area contributed by atoms with Crippen LogP contribution in [0.1, 0.15) is 17.1 Å². The minimum absolute atomic E-state index is 0.577. The smallest absolute Gasteiger partial charge is 0.138 e. The summed E-state index contributed by atoms with van der Waals surface area (Å²) in [5.41, 5.74) is 0. The molecule has 0 saturated carbocycles. The number of hydrogen-bond donors (Lipinski definition) is 1. The van der Waals surface area contributed by atoms with Crippen molar-refractivity contribution >= 4 is 27.4 Å². The van der Waals surface area contributed by atoms with Crippen molar-refractivity contribution in [3.63, 3.8) is 0 Å². The van der Waals surface area contributed by atoms with E-state index >= 15 is 0 Å². The van der Waals surface area contributed by atoms with E-state index in [1.807, 2.05) is 7.05 Å². The first-order valence-electron chi connectivity index (χ1n) is 6.29. The molecule has 1 N–H and O–H groups in total. The minimum atomic E-state index is 0.577. The molecule has 1 unspecified atom stereocenters. The van der Waals surface area contributed by atoms with E-state index < -0.39 is 0 Å². The summed E-state index contributed by atoms with van der Waals surface area (Å²) in [6, 6.07) is 2.15. The van der Waals surface area contributed by atoms with Gasteiger partial charge in [0, 0.05) is 31.6 Å². The molecule has 3 heterocycles. The number of ether oxygens (including phenoxy) is 1. The number of anilines is 1. The summed E-state index contributed by atoms with van der Waals surface area (Å²) in [6.45, 7) is 3.83. The summed E-state index contributed by atoms with van der Waals surface area (Å²) >= 11 is 1.73. The molecular formula is C13H17N3OS. The molecule has 96 valence electrons. The zero-order chi connectivity index (χ0) is 12.5. The third-order valence-corrected chi connectivity index (χ3v) is 4.24. The van der Waals surface area contributed by atoms with E-state index in [4.69, 9.17) is 4.74 Å². The fourth-order valence-electron chi connectivity index (χ4n) is 2.37. The van der Waals surface area contributed by atoms with Gasteiger partial charge in [-0.15, -0.1) is 11.3 Å². The lowest BCUT2D eigenvalue weighted by Gasteiger charge is -2.08. The largest absolute Gasteiger partial charge is 0.381 e. The van der Waals surface area contributed by atoms with Gasteiger partial charge in [0.2, 0.25) is 0 Å². The second-order valence-electron chi connectivity index (χ2n) is 4.75. The third-order valence-electron chi connectivity index (χ3n) is 3.29. The van der Waals surface area contributed by atoms with Gasteiger partial charge in [-0.1, -0.05) is 0 Å². The summed E-state index contributed by atoms with van der Waals surface area (Å²) in [6.07, 6.45) is 2.04. The first kappa shape index (κ1) is 11.9. The Kier molecular flexibility index (Phi) is 3.18. The first-order valence-corrected chi connectivity index (χ1v) is 7.10. The Balaban J connectivity index is 1.96. The number of fused-ring (bicyclic) bond motifs is 1. The number of aromatic nitrogens is 2. The number of hydrogen-bond acceptors (Lipinski definition) is 5. The Morgan fingerprint density at radius 2 is 2.39 bits per heavy atom. The van der Waals surface area contributed by atoms with Crippen LogP contribution in [0.5, 0.6) is 0 Å². The van der Waals surface area contributed by atoms with E-state index in [9.17, 15) is 0 Å². The highest BCUT2D eigenvalue weighted by atomic mass is 32.1. The third kappa shape index (κ3) is 2.20. The highest BCUT2D eigenvalue weighted by Crippen LogP contribution is 2.29. The lowest BCUT2D eigenvalue weighted by atomic mass is 10.0. The Labute approximate surface area is 110 Å². The predicted octanol–water partition coefficient (Wildman–Crippen LogP) is 2.62. The monoisotopic (exact) mass is 263 g/mol. The second kappa shape index (κ2) is 4.82. The molecule has 0 radical (unpaired) electrons. The zero-order valence-corrected chi connectivity index (χ0v) is 11.5. The Hall–Kier alpha value is -1.20. The van der Waals surface area contributed by atoms with E-state index in [-0.39, 0.29) is 0 Å². The summed E-state index contributed by atoms with van der Waals surface area (Å²) in [4.78, 5) is 11.7. The van der Waals surface area contributed by atoms with Gasteiger partial charge >= 0.3 is 0 Å². The SMILES string of the molecule is CNc1nc(CC2CCOC2)nc2sc(C)cc12. The highest BCUT2D eigenvalue weighted by molar-refractivity contribution is 7.18. The van der Waals surface area contributed by atoms with E-state index in [0.29, 0.717) is 5.92 Å². The molecule has 5 heteroatoms. The molecule has 18 heavy (non-hydrogen) atoms. The number of thiophene rings is 1. The molecule has 0 spiro atoms. The van der Waals surface area contributed by atoms with Gasteiger partial charge in [-0.3, -0.25) is 0 Å². The molecule has 1 aliphatic heterocycles. The van der Waals surface area contributed by atoms with Crippen molar-refractivity contribution in [2.75, 3.05) is 25.6 Å². The second-order valence-corrected chi connectivity index (χ2v) is 5.98. The van der Waals surface area contributed by atoms with Crippen LogP contribution in [0.15, 0.2) is 6.07 Å². The minimum Gasteiger partial charge on any atom is -0.381 e. The van der Waals surface area contributed by atoms with Crippen LogP contribution in [-0.4, -0.2) is 30.2 Å². The average Bonchev–Trinajstić information content (AvgIpc) is 2.96. The van der Waals surface area contributed by atoms with Gasteiger partial charge in [-0.05, 0) is 25.3 Å². The molecule has 2 aromatic rings. The molecular weight excluding hydrogens is 246 g/mol. The lowest BCUT2D eigenvalue weighted by molar-refractivity contribution is 0.185. The standard InChI is InChI=1S/C13H17N3OS/c1-8-5-10-12(14-2)15-11(16-13(10)18-8)6-9-3-4-17-7-9/h5,9H,3-4,6-7H2,1-2H3,(H,14,15,16). The Morgan fingerprint density at radius 1 is 1.50 bits per heavy atom. The maximum absolute atomic E-state index is 5.41. The summed E-state index contributed by atoms with van der Waals surface area (Å²) in [5, 5.41) is 4.30. The van der Waals surface area contributed by atoms with Crippen LogP contribution in [0.3, 0.4) is 0 Å². The molecule has 1 fully saturated rings. The van der Waals surface area contributed by atoms with Crippen molar-refractivity contribution in [1.82, 2.24) is 9.97 Å². The van der Waals surface area contributed by atoms with Gasteiger partial charge in [0.15, 0.2) is 0 Å². The van der Waals surface area contributed by atoms with Crippen LogP contribution in [0.25, 0.3) is 10.2 Å². The van der Waals surface area contributed by atoms with Crippen LogP contribution in [0.4, 0.5) is 5.82 Å². The van der Waals surface area contributed by atoms with E-state index in [2.05, 4.69) is 28.3 Å².